The summed E-state index contributed by atoms with van der Waals surface area (Å²) in [6, 6.07) is 20.7. The number of carbonyl (C=O) groups excluding carboxylic acids is 1. The highest BCUT2D eigenvalue weighted by atomic mass is 32.1. The van der Waals surface area contributed by atoms with Crippen molar-refractivity contribution < 1.29 is 13.9 Å². The third-order valence-electron chi connectivity index (χ3n) is 3.68. The third kappa shape index (κ3) is 5.05. The molecule has 136 valence electrons. The highest BCUT2D eigenvalue weighted by Gasteiger charge is 2.06. The van der Waals surface area contributed by atoms with Crippen LogP contribution in [-0.2, 0) is 4.79 Å². The molecule has 3 aromatic rings. The molecule has 0 saturated carbocycles. The largest absolute Gasteiger partial charge is 0.495 e. The van der Waals surface area contributed by atoms with Crippen molar-refractivity contribution in [1.82, 2.24) is 5.32 Å². The van der Waals surface area contributed by atoms with E-state index >= 15 is 0 Å². The van der Waals surface area contributed by atoms with Gasteiger partial charge in [0, 0.05) is 11.6 Å². The molecule has 0 fully saturated rings. The summed E-state index contributed by atoms with van der Waals surface area (Å²) in [5.41, 5.74) is 1.65. The van der Waals surface area contributed by atoms with Gasteiger partial charge in [-0.15, -0.1) is 0 Å². The molecule has 1 aromatic heterocycles. The minimum absolute atomic E-state index is 0.179. The van der Waals surface area contributed by atoms with E-state index in [2.05, 4.69) is 10.6 Å². The Bertz CT molecular complexity index is 964. The molecule has 0 aliphatic rings. The van der Waals surface area contributed by atoms with E-state index in [1.807, 2.05) is 48.5 Å². The molecule has 0 unspecified atom stereocenters. The minimum Gasteiger partial charge on any atom is -0.495 e. The fraction of sp³-hybridized carbons (Fsp3) is 0.0476. The Balaban J connectivity index is 1.57. The number of rotatable bonds is 5. The lowest BCUT2D eigenvalue weighted by atomic mass is 10.2. The minimum atomic E-state index is -0.361. The molecular weight excluding hydrogens is 360 g/mol. The first-order valence-electron chi connectivity index (χ1n) is 8.24. The second kappa shape index (κ2) is 8.82. The van der Waals surface area contributed by atoms with Crippen LogP contribution in [0.25, 0.3) is 17.4 Å². The number of methoxy groups -OCH3 is 1. The molecule has 1 heterocycles. The number of nitrogens with one attached hydrogen (secondary N) is 2. The first-order chi connectivity index (χ1) is 13.2. The molecule has 27 heavy (non-hydrogen) atoms. The molecule has 0 saturated heterocycles. The van der Waals surface area contributed by atoms with Crippen molar-refractivity contribution >= 4 is 35.0 Å². The zero-order valence-electron chi connectivity index (χ0n) is 14.6. The summed E-state index contributed by atoms with van der Waals surface area (Å²) in [6.45, 7) is 0. The Morgan fingerprint density at radius 2 is 1.78 bits per heavy atom. The van der Waals surface area contributed by atoms with Crippen LogP contribution < -0.4 is 15.4 Å². The maximum absolute atomic E-state index is 12.0. The van der Waals surface area contributed by atoms with Crippen LogP contribution in [0, 0.1) is 0 Å². The van der Waals surface area contributed by atoms with E-state index in [4.69, 9.17) is 21.4 Å². The topological polar surface area (TPSA) is 63.5 Å². The molecule has 0 aliphatic heterocycles. The maximum Gasteiger partial charge on any atom is 0.250 e. The maximum atomic E-state index is 12.0. The van der Waals surface area contributed by atoms with E-state index in [1.54, 1.807) is 31.4 Å². The fourth-order valence-electron chi connectivity index (χ4n) is 2.41. The van der Waals surface area contributed by atoms with Crippen LogP contribution in [0.1, 0.15) is 5.76 Å². The van der Waals surface area contributed by atoms with E-state index < -0.39 is 0 Å². The number of benzene rings is 2. The van der Waals surface area contributed by atoms with Crippen molar-refractivity contribution in [3.05, 3.63) is 78.6 Å². The molecule has 1 amide bonds. The lowest BCUT2D eigenvalue weighted by molar-refractivity contribution is -0.115. The number of para-hydroxylation sites is 2. The van der Waals surface area contributed by atoms with Gasteiger partial charge in [0.1, 0.15) is 17.3 Å². The SMILES string of the molecule is COc1ccccc1NC(=S)NC(=O)/C=C/c1ccc(-c2ccccc2)o1. The van der Waals surface area contributed by atoms with E-state index in [-0.39, 0.29) is 11.0 Å². The number of thiocarbonyl (C=S) groups is 1. The van der Waals surface area contributed by atoms with Gasteiger partial charge in [-0.25, -0.2) is 0 Å². The van der Waals surface area contributed by atoms with E-state index in [0.717, 1.165) is 11.3 Å². The summed E-state index contributed by atoms with van der Waals surface area (Å²) in [5.74, 6) is 1.59. The van der Waals surface area contributed by atoms with Crippen molar-refractivity contribution in [1.29, 1.82) is 0 Å². The first-order valence-corrected chi connectivity index (χ1v) is 8.65. The summed E-state index contributed by atoms with van der Waals surface area (Å²) < 4.78 is 11.0. The van der Waals surface area contributed by atoms with Gasteiger partial charge in [-0.2, -0.15) is 0 Å². The highest BCUT2D eigenvalue weighted by Crippen LogP contribution is 2.23. The number of anilines is 1. The highest BCUT2D eigenvalue weighted by molar-refractivity contribution is 7.80. The van der Waals surface area contributed by atoms with Gasteiger partial charge >= 0.3 is 0 Å². The average molecular weight is 378 g/mol. The predicted molar refractivity (Wildman–Crippen MR) is 111 cm³/mol. The van der Waals surface area contributed by atoms with Gasteiger partial charge in [0.15, 0.2) is 5.11 Å². The lowest BCUT2D eigenvalue weighted by Crippen LogP contribution is -2.32. The van der Waals surface area contributed by atoms with Gasteiger partial charge in [-0.3, -0.25) is 10.1 Å². The van der Waals surface area contributed by atoms with E-state index in [1.165, 1.54) is 6.08 Å². The summed E-state index contributed by atoms with van der Waals surface area (Å²) in [5, 5.41) is 5.70. The zero-order chi connectivity index (χ0) is 19.1. The zero-order valence-corrected chi connectivity index (χ0v) is 15.5. The Morgan fingerprint density at radius 3 is 2.56 bits per heavy atom. The average Bonchev–Trinajstić information content (AvgIpc) is 3.16. The van der Waals surface area contributed by atoms with Crippen LogP contribution in [0.3, 0.4) is 0 Å². The number of amides is 1. The van der Waals surface area contributed by atoms with Gasteiger partial charge in [0.25, 0.3) is 0 Å². The molecule has 0 bridgehead atoms. The van der Waals surface area contributed by atoms with E-state index in [0.29, 0.717) is 17.2 Å². The quantitative estimate of drug-likeness (QED) is 0.506. The molecule has 3 rings (SSSR count). The van der Waals surface area contributed by atoms with Crippen LogP contribution in [0.4, 0.5) is 5.69 Å². The van der Waals surface area contributed by atoms with Gasteiger partial charge in [-0.05, 0) is 42.6 Å². The summed E-state index contributed by atoms with van der Waals surface area (Å²) in [7, 11) is 1.57. The number of hydrogen-bond donors (Lipinski definition) is 2. The molecule has 0 radical (unpaired) electrons. The second-order valence-electron chi connectivity index (χ2n) is 5.55. The molecule has 0 atom stereocenters. The van der Waals surface area contributed by atoms with Gasteiger partial charge in [0.2, 0.25) is 5.91 Å². The second-order valence-corrected chi connectivity index (χ2v) is 5.95. The predicted octanol–water partition coefficient (Wildman–Crippen LogP) is 4.48. The van der Waals surface area contributed by atoms with Crippen molar-refractivity contribution in [3.8, 4) is 17.1 Å². The van der Waals surface area contributed by atoms with Crippen LogP contribution in [-0.4, -0.2) is 18.1 Å². The summed E-state index contributed by atoms with van der Waals surface area (Å²) in [6.07, 6.45) is 2.96. The smallest absolute Gasteiger partial charge is 0.250 e. The van der Waals surface area contributed by atoms with Gasteiger partial charge in [0.05, 0.1) is 12.8 Å². The van der Waals surface area contributed by atoms with Crippen LogP contribution in [0.5, 0.6) is 5.75 Å². The molecule has 0 aliphatic carbocycles. The van der Waals surface area contributed by atoms with Crippen LogP contribution >= 0.6 is 12.2 Å². The van der Waals surface area contributed by atoms with Crippen molar-refractivity contribution in [2.75, 3.05) is 12.4 Å². The normalized spacial score (nSPS) is 10.6. The Hall–Kier alpha value is -3.38. The fourth-order valence-corrected chi connectivity index (χ4v) is 2.62. The van der Waals surface area contributed by atoms with Crippen molar-refractivity contribution in [2.24, 2.45) is 0 Å². The molecule has 0 spiro atoms. The van der Waals surface area contributed by atoms with Gasteiger partial charge in [-0.1, -0.05) is 42.5 Å². The molecule has 2 N–H and O–H groups in total. The van der Waals surface area contributed by atoms with Crippen molar-refractivity contribution in [3.63, 3.8) is 0 Å². The number of carbonyl (C=O) groups is 1. The van der Waals surface area contributed by atoms with Crippen LogP contribution in [0.2, 0.25) is 0 Å². The first kappa shape index (κ1) is 18.4. The molecule has 5 nitrogen and oxygen atoms in total. The summed E-state index contributed by atoms with van der Waals surface area (Å²) in [4.78, 5) is 12.0. The summed E-state index contributed by atoms with van der Waals surface area (Å²) >= 11 is 5.16. The van der Waals surface area contributed by atoms with Gasteiger partial charge < -0.3 is 14.5 Å². The van der Waals surface area contributed by atoms with Crippen molar-refractivity contribution in [2.45, 2.75) is 0 Å². The Labute approximate surface area is 162 Å². The monoisotopic (exact) mass is 378 g/mol. The standard InChI is InChI=1S/C21H18N2O3S/c1-25-19-10-6-5-9-17(19)22-21(27)23-20(24)14-12-16-11-13-18(26-16)15-7-3-2-4-8-15/h2-14H,1H3,(H2,22,23,24,27)/b14-12+. The molecular formula is C21H18N2O3S. The molecule has 6 heteroatoms. The molecule has 2 aromatic carbocycles. The van der Waals surface area contributed by atoms with Crippen LogP contribution in [0.15, 0.2) is 77.2 Å². The third-order valence-corrected chi connectivity index (χ3v) is 3.88. The number of hydrogen-bond acceptors (Lipinski definition) is 4. The number of ether oxygens (including phenoxy) is 1. The Kier molecular flexibility index (Phi) is 6.02. The van der Waals surface area contributed by atoms with E-state index in [9.17, 15) is 4.79 Å². The Morgan fingerprint density at radius 1 is 1.04 bits per heavy atom. The number of furan rings is 1. The lowest BCUT2D eigenvalue weighted by Gasteiger charge is -2.11.